The van der Waals surface area contributed by atoms with E-state index in [2.05, 4.69) is 0 Å². The molecule has 5 nitrogen and oxygen atoms in total. The number of methoxy groups -OCH3 is 1. The number of carbonyl (C=O) groups is 1. The molecule has 0 bridgehead atoms. The minimum absolute atomic E-state index is 0.252. The summed E-state index contributed by atoms with van der Waals surface area (Å²) in [6, 6.07) is 4.56. The molecule has 0 aliphatic rings. The summed E-state index contributed by atoms with van der Waals surface area (Å²) < 4.78 is 5.35. The average Bonchev–Trinajstić information content (AvgIpc) is 2.46. The van der Waals surface area contributed by atoms with E-state index in [0.29, 0.717) is 30.6 Å². The number of alkyl halides is 2. The zero-order chi connectivity index (χ0) is 15.8. The van der Waals surface area contributed by atoms with E-state index in [1.165, 1.54) is 0 Å². The highest BCUT2D eigenvalue weighted by Crippen LogP contribution is 2.30. The van der Waals surface area contributed by atoms with E-state index in [4.69, 9.17) is 38.8 Å². The number of aliphatic carboxylic acids is 1. The van der Waals surface area contributed by atoms with Crippen LogP contribution >= 0.6 is 23.2 Å². The Balaban J connectivity index is 3.05. The zero-order valence-electron chi connectivity index (χ0n) is 11.9. The molecule has 0 aliphatic heterocycles. The minimum Gasteiger partial charge on any atom is -0.495 e. The van der Waals surface area contributed by atoms with Crippen molar-refractivity contribution in [2.45, 2.75) is 12.5 Å². The third-order valence-electron chi connectivity index (χ3n) is 3.07. The van der Waals surface area contributed by atoms with Gasteiger partial charge in [0.15, 0.2) is 0 Å². The highest BCUT2D eigenvalue weighted by atomic mass is 35.5. The molecule has 3 N–H and O–H groups in total. The Labute approximate surface area is 134 Å². The topological polar surface area (TPSA) is 75.8 Å². The van der Waals surface area contributed by atoms with Crippen LogP contribution in [0.3, 0.4) is 0 Å². The molecular formula is C14H20Cl2N2O3. The van der Waals surface area contributed by atoms with Crippen LogP contribution in [0.2, 0.25) is 0 Å². The van der Waals surface area contributed by atoms with Gasteiger partial charge < -0.3 is 20.5 Å². The number of carboxylic acid groups (broad SMARTS) is 1. The van der Waals surface area contributed by atoms with Crippen LogP contribution in [0.5, 0.6) is 5.75 Å². The van der Waals surface area contributed by atoms with Gasteiger partial charge in [0.1, 0.15) is 11.8 Å². The third kappa shape index (κ3) is 5.26. The van der Waals surface area contributed by atoms with Crippen molar-refractivity contribution in [1.82, 2.24) is 0 Å². The second kappa shape index (κ2) is 8.97. The summed E-state index contributed by atoms with van der Waals surface area (Å²) in [6.07, 6.45) is 0.252. The molecule has 0 unspecified atom stereocenters. The van der Waals surface area contributed by atoms with E-state index < -0.39 is 12.0 Å². The molecule has 0 amide bonds. The molecule has 0 fully saturated rings. The van der Waals surface area contributed by atoms with E-state index in [9.17, 15) is 4.79 Å². The molecule has 0 radical (unpaired) electrons. The number of hydrogen-bond donors (Lipinski definition) is 2. The van der Waals surface area contributed by atoms with Crippen molar-refractivity contribution in [3.05, 3.63) is 23.8 Å². The fraction of sp³-hybridized carbons (Fsp3) is 0.500. The summed E-state index contributed by atoms with van der Waals surface area (Å²) in [7, 11) is 1.58. The summed E-state index contributed by atoms with van der Waals surface area (Å²) in [5, 5.41) is 8.90. The third-order valence-corrected chi connectivity index (χ3v) is 3.40. The van der Waals surface area contributed by atoms with Gasteiger partial charge in [0, 0.05) is 24.8 Å². The number of carboxylic acids is 1. The van der Waals surface area contributed by atoms with Gasteiger partial charge in [-0.3, -0.25) is 4.79 Å². The van der Waals surface area contributed by atoms with Crippen LogP contribution < -0.4 is 15.4 Å². The monoisotopic (exact) mass is 334 g/mol. The van der Waals surface area contributed by atoms with Gasteiger partial charge in [0.25, 0.3) is 0 Å². The molecule has 118 valence electrons. The number of rotatable bonds is 9. The SMILES string of the molecule is COc1ccc(C[C@@H](N)C(=O)O)cc1N(CCCl)CCCl. The number of nitrogens with zero attached hydrogens (tertiary/aromatic N) is 1. The van der Waals surface area contributed by atoms with Crippen molar-refractivity contribution in [3.63, 3.8) is 0 Å². The molecular weight excluding hydrogens is 315 g/mol. The fourth-order valence-corrected chi connectivity index (χ4v) is 2.42. The largest absolute Gasteiger partial charge is 0.495 e. The van der Waals surface area contributed by atoms with Gasteiger partial charge in [-0.25, -0.2) is 0 Å². The van der Waals surface area contributed by atoms with Crippen molar-refractivity contribution in [2.24, 2.45) is 5.73 Å². The van der Waals surface area contributed by atoms with Gasteiger partial charge in [-0.1, -0.05) is 6.07 Å². The molecule has 1 atom stereocenters. The van der Waals surface area contributed by atoms with Gasteiger partial charge in [0.2, 0.25) is 0 Å². The maximum Gasteiger partial charge on any atom is 0.320 e. The Morgan fingerprint density at radius 3 is 2.48 bits per heavy atom. The Kier molecular flexibility index (Phi) is 7.64. The number of hydrogen-bond acceptors (Lipinski definition) is 4. The molecule has 0 saturated carbocycles. The van der Waals surface area contributed by atoms with Crippen LogP contribution in [0.4, 0.5) is 5.69 Å². The predicted octanol–water partition coefficient (Wildman–Crippen LogP) is 1.93. The maximum atomic E-state index is 10.9. The molecule has 0 aliphatic carbocycles. The van der Waals surface area contributed by atoms with Gasteiger partial charge in [-0.2, -0.15) is 0 Å². The van der Waals surface area contributed by atoms with Crippen LogP contribution in [-0.2, 0) is 11.2 Å². The predicted molar refractivity (Wildman–Crippen MR) is 86.0 cm³/mol. The Bertz CT molecular complexity index is 466. The molecule has 21 heavy (non-hydrogen) atoms. The summed E-state index contributed by atoms with van der Waals surface area (Å²) in [5.74, 6) is 0.585. The molecule has 1 aromatic rings. The lowest BCUT2D eigenvalue weighted by Gasteiger charge is -2.25. The number of halogens is 2. The van der Waals surface area contributed by atoms with Crippen molar-refractivity contribution < 1.29 is 14.6 Å². The molecule has 0 saturated heterocycles. The maximum absolute atomic E-state index is 10.9. The Hall–Kier alpha value is -1.17. The summed E-state index contributed by atoms with van der Waals surface area (Å²) in [6.45, 7) is 1.25. The Morgan fingerprint density at radius 2 is 2.00 bits per heavy atom. The first kappa shape index (κ1) is 17.9. The quantitative estimate of drug-likeness (QED) is 0.675. The first-order chi connectivity index (χ1) is 10.0. The van der Waals surface area contributed by atoms with E-state index in [0.717, 1.165) is 11.3 Å². The molecule has 0 heterocycles. The van der Waals surface area contributed by atoms with Crippen LogP contribution in [-0.4, -0.2) is 49.1 Å². The molecule has 0 aromatic heterocycles. The first-order valence-electron chi connectivity index (χ1n) is 6.55. The lowest BCUT2D eigenvalue weighted by Crippen LogP contribution is -2.32. The van der Waals surface area contributed by atoms with Crippen LogP contribution in [0.15, 0.2) is 18.2 Å². The van der Waals surface area contributed by atoms with E-state index in [1.54, 1.807) is 13.2 Å². The number of nitrogens with two attached hydrogens (primary N) is 1. The second-order valence-corrected chi connectivity index (χ2v) is 5.28. The normalized spacial score (nSPS) is 12.0. The minimum atomic E-state index is -1.02. The van der Waals surface area contributed by atoms with Crippen molar-refractivity contribution >= 4 is 34.9 Å². The van der Waals surface area contributed by atoms with Crippen LogP contribution in [0.25, 0.3) is 0 Å². The summed E-state index contributed by atoms with van der Waals surface area (Å²) in [4.78, 5) is 12.9. The Morgan fingerprint density at radius 1 is 1.38 bits per heavy atom. The van der Waals surface area contributed by atoms with Crippen molar-refractivity contribution in [1.29, 1.82) is 0 Å². The van der Waals surface area contributed by atoms with Crippen LogP contribution in [0.1, 0.15) is 5.56 Å². The molecule has 1 rings (SSSR count). The highest BCUT2D eigenvalue weighted by Gasteiger charge is 2.16. The highest BCUT2D eigenvalue weighted by molar-refractivity contribution is 6.18. The van der Waals surface area contributed by atoms with Crippen LogP contribution in [0, 0.1) is 0 Å². The second-order valence-electron chi connectivity index (χ2n) is 4.52. The van der Waals surface area contributed by atoms with Gasteiger partial charge in [0.05, 0.1) is 12.8 Å². The van der Waals surface area contributed by atoms with Gasteiger partial charge in [-0.15, -0.1) is 23.2 Å². The molecule has 0 spiro atoms. The number of anilines is 1. The van der Waals surface area contributed by atoms with Crippen molar-refractivity contribution in [2.75, 3.05) is 36.9 Å². The van der Waals surface area contributed by atoms with Gasteiger partial charge >= 0.3 is 5.97 Å². The summed E-state index contributed by atoms with van der Waals surface area (Å²) >= 11 is 11.6. The zero-order valence-corrected chi connectivity index (χ0v) is 13.4. The van der Waals surface area contributed by atoms with Crippen molar-refractivity contribution in [3.8, 4) is 5.75 Å². The number of benzene rings is 1. The lowest BCUT2D eigenvalue weighted by molar-refractivity contribution is -0.138. The fourth-order valence-electron chi connectivity index (χ4n) is 2.01. The summed E-state index contributed by atoms with van der Waals surface area (Å²) in [5.41, 5.74) is 7.25. The molecule has 1 aromatic carbocycles. The standard InChI is InChI=1S/C14H20Cl2N2O3/c1-21-13-3-2-10(8-11(17)14(19)20)9-12(13)18(6-4-15)7-5-16/h2-3,9,11H,4-8,17H2,1H3,(H,19,20)/t11-/m1/s1. The number of ether oxygens (including phenoxy) is 1. The molecule has 7 heteroatoms. The lowest BCUT2D eigenvalue weighted by atomic mass is 10.0. The first-order valence-corrected chi connectivity index (χ1v) is 7.62. The van der Waals surface area contributed by atoms with E-state index in [-0.39, 0.29) is 6.42 Å². The van der Waals surface area contributed by atoms with Gasteiger partial charge in [-0.05, 0) is 24.1 Å². The van der Waals surface area contributed by atoms with E-state index in [1.807, 2.05) is 17.0 Å². The van der Waals surface area contributed by atoms with E-state index >= 15 is 0 Å². The smallest absolute Gasteiger partial charge is 0.320 e. The average molecular weight is 335 g/mol.